The summed E-state index contributed by atoms with van der Waals surface area (Å²) in [5, 5.41) is 15.3. The van der Waals surface area contributed by atoms with Crippen LogP contribution in [0.4, 0.5) is 8.78 Å². The van der Waals surface area contributed by atoms with Gasteiger partial charge in [0.2, 0.25) is 0 Å². The van der Waals surface area contributed by atoms with E-state index < -0.39 is 5.92 Å². The lowest BCUT2D eigenvalue weighted by Gasteiger charge is -2.27. The van der Waals surface area contributed by atoms with Crippen LogP contribution in [0.2, 0.25) is 0 Å². The van der Waals surface area contributed by atoms with E-state index in [1.807, 2.05) is 44.2 Å². The van der Waals surface area contributed by atoms with Crippen LogP contribution < -0.4 is 5.32 Å². The fraction of sp³-hybridized carbons (Fsp3) is 0.378. The first-order valence-corrected chi connectivity index (χ1v) is 14.9. The average Bonchev–Trinajstić information content (AvgIpc) is 2.94. The highest BCUT2D eigenvalue weighted by Crippen LogP contribution is 2.39. The molecule has 42 heavy (non-hydrogen) atoms. The van der Waals surface area contributed by atoms with Crippen LogP contribution in [0.15, 0.2) is 96.1 Å². The van der Waals surface area contributed by atoms with E-state index in [0.717, 1.165) is 29.9 Å². The maximum atomic E-state index is 13.0. The van der Waals surface area contributed by atoms with Crippen molar-refractivity contribution in [1.29, 1.82) is 0 Å². The third kappa shape index (κ3) is 9.22. The summed E-state index contributed by atoms with van der Waals surface area (Å²) in [6, 6.07) is 18.3. The molecule has 1 saturated carbocycles. The molecule has 2 N–H and O–H groups in total. The molecular formula is C37H45F2NO2. The van der Waals surface area contributed by atoms with E-state index in [-0.39, 0.29) is 24.1 Å². The Labute approximate surface area is 250 Å². The maximum absolute atomic E-state index is 13.0. The first-order valence-electron chi connectivity index (χ1n) is 14.9. The quantitative estimate of drug-likeness (QED) is 0.237. The Balaban J connectivity index is 0.000000369. The van der Waals surface area contributed by atoms with Crippen molar-refractivity contribution in [2.24, 2.45) is 0 Å². The lowest BCUT2D eigenvalue weighted by atomic mass is 9.78. The molecule has 0 aromatic heterocycles. The molecule has 0 heterocycles. The number of benzene rings is 3. The number of alkyl halides is 2. The fourth-order valence-corrected chi connectivity index (χ4v) is 4.96. The van der Waals surface area contributed by atoms with E-state index in [0.29, 0.717) is 17.9 Å². The Hall–Kier alpha value is -3.57. The molecular weight excluding hydrogens is 528 g/mol. The largest absolute Gasteiger partial charge is 0.394 e. The van der Waals surface area contributed by atoms with Gasteiger partial charge in [0.25, 0.3) is 11.8 Å². The van der Waals surface area contributed by atoms with Gasteiger partial charge in [-0.2, -0.15) is 0 Å². The predicted molar refractivity (Wildman–Crippen MR) is 171 cm³/mol. The van der Waals surface area contributed by atoms with Gasteiger partial charge in [0.05, 0.1) is 12.6 Å². The van der Waals surface area contributed by atoms with Crippen LogP contribution in [-0.2, 0) is 5.92 Å². The molecule has 3 nitrogen and oxygen atoms in total. The number of allylic oxidation sites excluding steroid dienone is 5. The van der Waals surface area contributed by atoms with Crippen molar-refractivity contribution in [2.45, 2.75) is 84.6 Å². The van der Waals surface area contributed by atoms with Gasteiger partial charge in [0, 0.05) is 18.1 Å². The van der Waals surface area contributed by atoms with Crippen LogP contribution in [0.25, 0.3) is 10.8 Å². The van der Waals surface area contributed by atoms with Gasteiger partial charge in [-0.15, -0.1) is 0 Å². The molecule has 0 bridgehead atoms. The van der Waals surface area contributed by atoms with Crippen LogP contribution in [0.5, 0.6) is 0 Å². The standard InChI is InChI=1S/C28H35NO2.C9H10F2/c1-4-6-7-10-22(20(3)5-2)18-25(19-30)29-28(31)24-15-16-27-23(17-24)13-9-14-26(27)21-11-8-12-21;1-7-3-5-8(6-4-7)9(2,10)11/h4,6-7,9-10,13-17,21,25,30H,5,8,11-12,18-19H2,1-3H3,(H,29,31);3-6H,1-2H3/b6-4-,10-7-,22-20?;. The van der Waals surface area contributed by atoms with Crippen LogP contribution >= 0.6 is 0 Å². The van der Waals surface area contributed by atoms with Gasteiger partial charge in [-0.05, 0) is 86.4 Å². The molecule has 3 aromatic rings. The molecule has 224 valence electrons. The van der Waals surface area contributed by atoms with E-state index in [9.17, 15) is 18.7 Å². The predicted octanol–water partition coefficient (Wildman–Crippen LogP) is 9.55. The van der Waals surface area contributed by atoms with Crippen molar-refractivity contribution < 1.29 is 18.7 Å². The van der Waals surface area contributed by atoms with Gasteiger partial charge in [-0.3, -0.25) is 4.79 Å². The molecule has 1 unspecified atom stereocenters. The Morgan fingerprint density at radius 2 is 1.81 bits per heavy atom. The molecule has 3 aromatic carbocycles. The Kier molecular flexibility index (Phi) is 12.2. The van der Waals surface area contributed by atoms with Crippen molar-refractivity contribution in [1.82, 2.24) is 5.32 Å². The number of carbonyl (C=O) groups excluding carboxylic acids is 1. The van der Waals surface area contributed by atoms with Crippen LogP contribution in [0, 0.1) is 6.92 Å². The normalized spacial score (nSPS) is 15.2. The third-order valence-corrected chi connectivity index (χ3v) is 7.98. The highest BCUT2D eigenvalue weighted by Gasteiger charge is 2.23. The number of rotatable bonds is 10. The molecule has 1 aliphatic rings. The Morgan fingerprint density at radius 1 is 1.10 bits per heavy atom. The summed E-state index contributed by atoms with van der Waals surface area (Å²) in [6.45, 7) is 8.89. The third-order valence-electron chi connectivity index (χ3n) is 7.98. The summed E-state index contributed by atoms with van der Waals surface area (Å²) < 4.78 is 25.2. The number of hydrogen-bond acceptors (Lipinski definition) is 2. The minimum Gasteiger partial charge on any atom is -0.394 e. The van der Waals surface area contributed by atoms with Crippen LogP contribution in [0.3, 0.4) is 0 Å². The number of aryl methyl sites for hydroxylation is 1. The second kappa shape index (κ2) is 15.6. The Bertz CT molecular complexity index is 1410. The highest BCUT2D eigenvalue weighted by atomic mass is 19.3. The Morgan fingerprint density at radius 3 is 2.38 bits per heavy atom. The van der Waals surface area contributed by atoms with E-state index in [1.165, 1.54) is 47.9 Å². The zero-order valence-electron chi connectivity index (χ0n) is 25.6. The lowest BCUT2D eigenvalue weighted by molar-refractivity contribution is 0.0174. The minimum absolute atomic E-state index is 0.0723. The van der Waals surface area contributed by atoms with Gasteiger partial charge in [0.1, 0.15) is 0 Å². The number of aliphatic hydroxyl groups is 1. The summed E-state index contributed by atoms with van der Waals surface area (Å²) >= 11 is 0. The molecule has 1 fully saturated rings. The summed E-state index contributed by atoms with van der Waals surface area (Å²) in [4.78, 5) is 13.0. The first-order chi connectivity index (χ1) is 20.1. The monoisotopic (exact) mass is 573 g/mol. The van der Waals surface area contributed by atoms with E-state index in [2.05, 4.69) is 49.5 Å². The first kappa shape index (κ1) is 32.9. The summed E-state index contributed by atoms with van der Waals surface area (Å²) in [6.07, 6.45) is 13.4. The molecule has 0 aliphatic heterocycles. The summed E-state index contributed by atoms with van der Waals surface area (Å²) in [5.74, 6) is -2.20. The fourth-order valence-electron chi connectivity index (χ4n) is 4.96. The van der Waals surface area contributed by atoms with Gasteiger partial charge >= 0.3 is 0 Å². The number of carbonyl (C=O) groups is 1. The van der Waals surface area contributed by atoms with Gasteiger partial charge in [-0.1, -0.05) is 97.3 Å². The van der Waals surface area contributed by atoms with Crippen LogP contribution in [0.1, 0.15) is 92.8 Å². The molecule has 0 saturated heterocycles. The highest BCUT2D eigenvalue weighted by molar-refractivity contribution is 5.99. The SMILES string of the molecule is C/C=C\C=C/C(CC(CO)NC(=O)c1ccc2c(C3CCC3)cccc2c1)=C(C)CC.Cc1ccc(C(C)(F)F)cc1. The molecule has 1 aliphatic carbocycles. The van der Waals surface area contributed by atoms with E-state index in [1.54, 1.807) is 12.1 Å². The number of halogens is 2. The van der Waals surface area contributed by atoms with Gasteiger partial charge in [-0.25, -0.2) is 8.78 Å². The zero-order valence-corrected chi connectivity index (χ0v) is 25.6. The molecule has 0 radical (unpaired) electrons. The van der Waals surface area contributed by atoms with Crippen molar-refractivity contribution in [3.63, 3.8) is 0 Å². The molecule has 5 heteroatoms. The number of nitrogens with one attached hydrogen (secondary N) is 1. The minimum atomic E-state index is -2.71. The number of amides is 1. The number of fused-ring (bicyclic) bond motifs is 1. The van der Waals surface area contributed by atoms with E-state index >= 15 is 0 Å². The van der Waals surface area contributed by atoms with Crippen molar-refractivity contribution in [2.75, 3.05) is 6.61 Å². The zero-order chi connectivity index (χ0) is 30.7. The molecule has 0 spiro atoms. The molecule has 4 rings (SSSR count). The van der Waals surface area contributed by atoms with Gasteiger partial charge in [0.15, 0.2) is 0 Å². The summed E-state index contributed by atoms with van der Waals surface area (Å²) in [5.41, 5.74) is 5.54. The molecule has 1 atom stereocenters. The second-order valence-corrected chi connectivity index (χ2v) is 11.3. The van der Waals surface area contributed by atoms with E-state index in [4.69, 9.17) is 0 Å². The smallest absolute Gasteiger partial charge is 0.270 e. The van der Waals surface area contributed by atoms with Crippen LogP contribution in [-0.4, -0.2) is 23.7 Å². The number of hydrogen-bond donors (Lipinski definition) is 2. The second-order valence-electron chi connectivity index (χ2n) is 11.3. The van der Waals surface area contributed by atoms with Gasteiger partial charge < -0.3 is 10.4 Å². The topological polar surface area (TPSA) is 49.3 Å². The maximum Gasteiger partial charge on any atom is 0.270 e. The molecule has 1 amide bonds. The van der Waals surface area contributed by atoms with Crippen molar-refractivity contribution >= 4 is 16.7 Å². The van der Waals surface area contributed by atoms with Crippen molar-refractivity contribution in [3.8, 4) is 0 Å². The lowest BCUT2D eigenvalue weighted by Crippen LogP contribution is -2.37. The average molecular weight is 574 g/mol. The van der Waals surface area contributed by atoms with Crippen molar-refractivity contribution in [3.05, 3.63) is 118 Å². The number of aliphatic hydroxyl groups excluding tert-OH is 1. The summed E-state index contributed by atoms with van der Waals surface area (Å²) in [7, 11) is 0.